The number of hydrogen-bond acceptors (Lipinski definition) is 3. The van der Waals surface area contributed by atoms with Gasteiger partial charge < -0.3 is 16.2 Å². The highest BCUT2D eigenvalue weighted by molar-refractivity contribution is 5.86. The zero-order valence-electron chi connectivity index (χ0n) is 8.78. The molecule has 0 aromatic rings. The average molecular weight is 202 g/mol. The molecule has 0 bridgehead atoms. The van der Waals surface area contributed by atoms with Crippen LogP contribution in [0.2, 0.25) is 0 Å². The van der Waals surface area contributed by atoms with Crippen molar-refractivity contribution in [1.29, 1.82) is 0 Å². The normalized spacial score (nSPS) is 16.9. The molecule has 0 heterocycles. The third-order valence-corrected chi connectivity index (χ3v) is 2.19. The summed E-state index contributed by atoms with van der Waals surface area (Å²) in [6.45, 7) is 5.17. The smallest absolute Gasteiger partial charge is 0.326 e. The molecule has 0 saturated heterocycles. The van der Waals surface area contributed by atoms with Crippen LogP contribution in [-0.4, -0.2) is 29.1 Å². The number of carboxylic acid groups (broad SMARTS) is 1. The van der Waals surface area contributed by atoms with E-state index in [4.69, 9.17) is 10.8 Å². The highest BCUT2D eigenvalue weighted by Crippen LogP contribution is 2.07. The summed E-state index contributed by atoms with van der Waals surface area (Å²) in [7, 11) is 0. The molecule has 3 atom stereocenters. The minimum Gasteiger partial charge on any atom is -0.480 e. The summed E-state index contributed by atoms with van der Waals surface area (Å²) < 4.78 is 0. The van der Waals surface area contributed by atoms with Crippen molar-refractivity contribution in [3.05, 3.63) is 0 Å². The van der Waals surface area contributed by atoms with E-state index >= 15 is 0 Å². The molecule has 0 rings (SSSR count). The van der Waals surface area contributed by atoms with Crippen LogP contribution in [0.15, 0.2) is 0 Å². The molecule has 5 heteroatoms. The summed E-state index contributed by atoms with van der Waals surface area (Å²) >= 11 is 0. The lowest BCUT2D eigenvalue weighted by atomic mass is 9.99. The molecule has 82 valence electrons. The van der Waals surface area contributed by atoms with Crippen molar-refractivity contribution >= 4 is 11.9 Å². The molecule has 5 nitrogen and oxygen atoms in total. The van der Waals surface area contributed by atoms with Crippen molar-refractivity contribution in [3.8, 4) is 0 Å². The number of carboxylic acids is 1. The molecule has 0 aliphatic rings. The highest BCUT2D eigenvalue weighted by Gasteiger charge is 2.25. The number of aliphatic carboxylic acids is 1. The van der Waals surface area contributed by atoms with E-state index in [9.17, 15) is 9.59 Å². The number of hydrogen-bond donors (Lipinski definition) is 3. The van der Waals surface area contributed by atoms with Gasteiger partial charge in [0.2, 0.25) is 5.91 Å². The Bertz CT molecular complexity index is 216. The second-order valence-corrected chi connectivity index (χ2v) is 3.50. The van der Waals surface area contributed by atoms with Crippen molar-refractivity contribution in [1.82, 2.24) is 5.32 Å². The predicted octanol–water partition coefficient (Wildman–Crippen LogP) is -0.0509. The molecule has 0 aliphatic heterocycles. The van der Waals surface area contributed by atoms with Gasteiger partial charge in [-0.05, 0) is 12.8 Å². The highest BCUT2D eigenvalue weighted by atomic mass is 16.4. The molecular weight excluding hydrogens is 184 g/mol. The zero-order chi connectivity index (χ0) is 11.3. The first kappa shape index (κ1) is 12.9. The minimum atomic E-state index is -1.02. The van der Waals surface area contributed by atoms with Gasteiger partial charge in [-0.25, -0.2) is 4.79 Å². The van der Waals surface area contributed by atoms with Crippen LogP contribution in [0.1, 0.15) is 27.2 Å². The van der Waals surface area contributed by atoms with Crippen molar-refractivity contribution in [2.24, 2.45) is 11.7 Å². The molecule has 14 heavy (non-hydrogen) atoms. The molecule has 0 radical (unpaired) electrons. The molecule has 0 aliphatic carbocycles. The van der Waals surface area contributed by atoms with E-state index in [-0.39, 0.29) is 5.92 Å². The van der Waals surface area contributed by atoms with Gasteiger partial charge in [0.05, 0.1) is 6.04 Å². The van der Waals surface area contributed by atoms with E-state index in [1.54, 1.807) is 6.92 Å². The van der Waals surface area contributed by atoms with Gasteiger partial charge in [0.15, 0.2) is 0 Å². The first-order valence-electron chi connectivity index (χ1n) is 4.68. The fourth-order valence-electron chi connectivity index (χ4n) is 0.968. The van der Waals surface area contributed by atoms with Gasteiger partial charge in [-0.1, -0.05) is 20.3 Å². The van der Waals surface area contributed by atoms with Crippen molar-refractivity contribution in [3.63, 3.8) is 0 Å². The van der Waals surface area contributed by atoms with Gasteiger partial charge in [0.1, 0.15) is 6.04 Å². The first-order chi connectivity index (χ1) is 6.40. The van der Waals surface area contributed by atoms with Gasteiger partial charge in [-0.2, -0.15) is 0 Å². The molecule has 0 aromatic carbocycles. The third-order valence-electron chi connectivity index (χ3n) is 2.19. The summed E-state index contributed by atoms with van der Waals surface area (Å²) in [5, 5.41) is 11.3. The fourth-order valence-corrected chi connectivity index (χ4v) is 0.968. The molecule has 0 aromatic heterocycles. The van der Waals surface area contributed by atoms with Crippen LogP contribution in [-0.2, 0) is 9.59 Å². The second-order valence-electron chi connectivity index (χ2n) is 3.50. The molecule has 0 fully saturated rings. The van der Waals surface area contributed by atoms with Crippen LogP contribution in [0, 0.1) is 5.92 Å². The summed E-state index contributed by atoms with van der Waals surface area (Å²) in [6.07, 6.45) is 0.691. The molecular formula is C9H18N2O3. The molecule has 0 spiro atoms. The van der Waals surface area contributed by atoms with Gasteiger partial charge in [-0.15, -0.1) is 0 Å². The zero-order valence-corrected chi connectivity index (χ0v) is 8.78. The lowest BCUT2D eigenvalue weighted by Gasteiger charge is -2.20. The Morgan fingerprint density at radius 3 is 2.21 bits per heavy atom. The average Bonchev–Trinajstić information content (AvgIpc) is 2.11. The Balaban J connectivity index is 4.38. The van der Waals surface area contributed by atoms with E-state index in [1.165, 1.54) is 6.92 Å². The second kappa shape index (κ2) is 5.59. The molecule has 4 N–H and O–H groups in total. The fraction of sp³-hybridized carbons (Fsp3) is 0.778. The SMILES string of the molecule is CC[C@H](C)[C@@H](NC(=O)[C@@H](C)N)C(=O)O. The van der Waals surface area contributed by atoms with Crippen LogP contribution in [0.4, 0.5) is 0 Å². The Morgan fingerprint density at radius 1 is 1.43 bits per heavy atom. The van der Waals surface area contributed by atoms with Gasteiger partial charge in [0.25, 0.3) is 0 Å². The number of rotatable bonds is 5. The summed E-state index contributed by atoms with van der Waals surface area (Å²) in [4.78, 5) is 22.0. The predicted molar refractivity (Wildman–Crippen MR) is 52.7 cm³/mol. The monoisotopic (exact) mass is 202 g/mol. The topological polar surface area (TPSA) is 92.4 Å². The summed E-state index contributed by atoms with van der Waals surface area (Å²) in [5.74, 6) is -1.55. The van der Waals surface area contributed by atoms with E-state index in [1.807, 2.05) is 6.92 Å². The van der Waals surface area contributed by atoms with Gasteiger partial charge in [0, 0.05) is 0 Å². The van der Waals surface area contributed by atoms with Crippen molar-refractivity contribution < 1.29 is 14.7 Å². The Labute approximate surface area is 83.7 Å². The molecule has 1 amide bonds. The number of carbonyl (C=O) groups is 2. The standard InChI is InChI=1S/C9H18N2O3/c1-4-5(2)7(9(13)14)11-8(12)6(3)10/h5-7H,4,10H2,1-3H3,(H,11,12)(H,13,14)/t5-,6+,7+/m0/s1. The van der Waals surface area contributed by atoms with Gasteiger partial charge >= 0.3 is 5.97 Å². The lowest BCUT2D eigenvalue weighted by Crippen LogP contribution is -2.50. The Hall–Kier alpha value is -1.10. The quantitative estimate of drug-likeness (QED) is 0.582. The number of nitrogens with two attached hydrogens (primary N) is 1. The van der Waals surface area contributed by atoms with E-state index in [0.29, 0.717) is 6.42 Å². The third kappa shape index (κ3) is 3.74. The maximum absolute atomic E-state index is 11.2. The van der Waals surface area contributed by atoms with Gasteiger partial charge in [-0.3, -0.25) is 4.79 Å². The lowest BCUT2D eigenvalue weighted by molar-refractivity contribution is -0.143. The van der Waals surface area contributed by atoms with Crippen LogP contribution in [0.3, 0.4) is 0 Å². The number of nitrogens with one attached hydrogen (secondary N) is 1. The number of carbonyl (C=O) groups excluding carboxylic acids is 1. The van der Waals surface area contributed by atoms with Crippen molar-refractivity contribution in [2.75, 3.05) is 0 Å². The van der Waals surface area contributed by atoms with E-state index in [0.717, 1.165) is 0 Å². The Kier molecular flexibility index (Phi) is 5.15. The molecule has 0 saturated carbocycles. The van der Waals surface area contributed by atoms with Crippen LogP contribution >= 0.6 is 0 Å². The maximum atomic E-state index is 11.2. The van der Waals surface area contributed by atoms with E-state index < -0.39 is 24.0 Å². The van der Waals surface area contributed by atoms with E-state index in [2.05, 4.69) is 5.32 Å². The molecule has 0 unspecified atom stereocenters. The Morgan fingerprint density at radius 2 is 1.93 bits per heavy atom. The number of amides is 1. The maximum Gasteiger partial charge on any atom is 0.326 e. The van der Waals surface area contributed by atoms with Crippen LogP contribution < -0.4 is 11.1 Å². The summed E-state index contributed by atoms with van der Waals surface area (Å²) in [6, 6.07) is -1.53. The van der Waals surface area contributed by atoms with Crippen LogP contribution in [0.5, 0.6) is 0 Å². The largest absolute Gasteiger partial charge is 0.480 e. The van der Waals surface area contributed by atoms with Crippen LogP contribution in [0.25, 0.3) is 0 Å². The van der Waals surface area contributed by atoms with Crippen molar-refractivity contribution in [2.45, 2.75) is 39.3 Å². The first-order valence-corrected chi connectivity index (χ1v) is 4.68. The minimum absolute atomic E-state index is 0.102. The summed E-state index contributed by atoms with van der Waals surface area (Å²) in [5.41, 5.74) is 5.32.